The quantitative estimate of drug-likeness (QED) is 0.333. The normalized spacial score (nSPS) is 14.0. The van der Waals surface area contributed by atoms with Crippen molar-refractivity contribution < 1.29 is 14.3 Å². The lowest BCUT2D eigenvalue weighted by Crippen LogP contribution is -2.40. The topological polar surface area (TPSA) is 65.8 Å². The number of anilines is 1. The van der Waals surface area contributed by atoms with E-state index in [1.54, 1.807) is 52.8 Å². The van der Waals surface area contributed by atoms with Gasteiger partial charge in [-0.1, -0.05) is 12.1 Å². The number of pyridine rings is 1. The Morgan fingerprint density at radius 3 is 2.54 bits per heavy atom. The van der Waals surface area contributed by atoms with Gasteiger partial charge in [-0.3, -0.25) is 14.2 Å². The zero-order valence-corrected chi connectivity index (χ0v) is 23.0. The smallest absolute Gasteiger partial charge is 0.255 e. The van der Waals surface area contributed by atoms with Crippen molar-refractivity contribution in [1.29, 1.82) is 0 Å². The lowest BCUT2D eigenvalue weighted by Gasteiger charge is -2.35. The fraction of sp³-hybridized carbons (Fsp3) is 0.290. The van der Waals surface area contributed by atoms with Crippen molar-refractivity contribution in [1.82, 2.24) is 9.47 Å². The van der Waals surface area contributed by atoms with E-state index in [4.69, 9.17) is 0 Å². The van der Waals surface area contributed by atoms with Gasteiger partial charge in [0.05, 0.1) is 18.0 Å². The van der Waals surface area contributed by atoms with Crippen molar-refractivity contribution in [3.63, 3.8) is 0 Å². The van der Waals surface area contributed by atoms with Gasteiger partial charge in [0.25, 0.3) is 11.5 Å². The molecule has 8 heteroatoms. The summed E-state index contributed by atoms with van der Waals surface area (Å²) in [7, 11) is 1.84. The van der Waals surface area contributed by atoms with E-state index < -0.39 is 0 Å². The number of benzene rings is 2. The van der Waals surface area contributed by atoms with Gasteiger partial charge in [-0.2, -0.15) is 11.3 Å². The highest BCUT2D eigenvalue weighted by Gasteiger charge is 2.25. The Morgan fingerprint density at radius 1 is 1.08 bits per heavy atom. The van der Waals surface area contributed by atoms with Crippen molar-refractivity contribution in [3.05, 3.63) is 104 Å². The SMILES string of the molecule is Cc1cscc1-c1cc(CO)ccc1C(=O)N(C)CC1CCN(c2ccc(-n3ccccc3=O)cc2F)CC1. The number of aryl methyl sites for hydroxylation is 1. The lowest BCUT2D eigenvalue weighted by molar-refractivity contribution is 0.0765. The van der Waals surface area contributed by atoms with Crippen molar-refractivity contribution in [3.8, 4) is 16.8 Å². The molecular weight excluding hydrogens is 513 g/mol. The standard InChI is InChI=1S/C31H32FN3O3S/c1-21-19-39-20-27(21)26-15-23(18-36)6-8-25(26)31(38)33(2)17-22-10-13-34(14-11-22)29-9-7-24(16-28(29)32)35-12-4-3-5-30(35)37/h3-9,12,15-16,19-20,22,36H,10-11,13-14,17-18H2,1-2H3. The average molecular weight is 546 g/mol. The molecule has 2 aromatic heterocycles. The molecule has 3 heterocycles. The van der Waals surface area contributed by atoms with Gasteiger partial charge in [0, 0.05) is 50.6 Å². The number of carbonyl (C=O) groups is 1. The van der Waals surface area contributed by atoms with Crippen molar-refractivity contribution in [2.24, 2.45) is 5.92 Å². The van der Waals surface area contributed by atoms with Crippen LogP contribution in [0.5, 0.6) is 0 Å². The number of halogens is 1. The van der Waals surface area contributed by atoms with Gasteiger partial charge in [0.15, 0.2) is 0 Å². The second-order valence-corrected chi connectivity index (χ2v) is 10.9. The summed E-state index contributed by atoms with van der Waals surface area (Å²) in [5.41, 5.74) is 5.22. The maximum absolute atomic E-state index is 15.1. The van der Waals surface area contributed by atoms with E-state index in [2.05, 4.69) is 5.38 Å². The highest BCUT2D eigenvalue weighted by Crippen LogP contribution is 2.32. The zero-order chi connectivity index (χ0) is 27.5. The number of hydrogen-bond donors (Lipinski definition) is 1. The maximum atomic E-state index is 15.1. The lowest BCUT2D eigenvalue weighted by atomic mass is 9.94. The largest absolute Gasteiger partial charge is 0.392 e. The summed E-state index contributed by atoms with van der Waals surface area (Å²) in [5.74, 6) is -0.0830. The number of carbonyl (C=O) groups excluding carboxylic acids is 1. The second kappa shape index (κ2) is 11.6. The molecule has 1 N–H and O–H groups in total. The van der Waals surface area contributed by atoms with Crippen LogP contribution in [0.25, 0.3) is 16.8 Å². The highest BCUT2D eigenvalue weighted by atomic mass is 32.1. The van der Waals surface area contributed by atoms with E-state index in [1.807, 2.05) is 36.4 Å². The molecule has 1 aliphatic heterocycles. The van der Waals surface area contributed by atoms with Crippen molar-refractivity contribution >= 4 is 22.9 Å². The fourth-order valence-electron chi connectivity index (χ4n) is 5.31. The van der Waals surface area contributed by atoms with E-state index in [1.165, 1.54) is 16.7 Å². The van der Waals surface area contributed by atoms with Crippen LogP contribution in [0, 0.1) is 18.7 Å². The molecule has 5 rings (SSSR count). The van der Waals surface area contributed by atoms with Gasteiger partial charge in [-0.15, -0.1) is 0 Å². The second-order valence-electron chi connectivity index (χ2n) is 10.2. The van der Waals surface area contributed by atoms with Crippen LogP contribution < -0.4 is 10.5 Å². The van der Waals surface area contributed by atoms with Crippen LogP contribution in [-0.4, -0.2) is 47.2 Å². The van der Waals surface area contributed by atoms with Gasteiger partial charge < -0.3 is 14.9 Å². The molecule has 0 unspecified atom stereocenters. The first-order valence-corrected chi connectivity index (χ1v) is 14.0. The number of piperidine rings is 1. The molecule has 4 aromatic rings. The Labute approximate surface area is 231 Å². The van der Waals surface area contributed by atoms with Crippen LogP contribution in [0.15, 0.2) is 76.3 Å². The minimum Gasteiger partial charge on any atom is -0.392 e. The number of amides is 1. The molecular formula is C31H32FN3O3S. The summed E-state index contributed by atoms with van der Waals surface area (Å²) in [4.78, 5) is 29.4. The first kappa shape index (κ1) is 26.8. The summed E-state index contributed by atoms with van der Waals surface area (Å²) in [5, 5.41) is 13.8. The minimum atomic E-state index is -0.350. The summed E-state index contributed by atoms with van der Waals surface area (Å²) in [6, 6.07) is 15.3. The average Bonchev–Trinajstić information content (AvgIpc) is 3.38. The van der Waals surface area contributed by atoms with Crippen LogP contribution in [0.4, 0.5) is 10.1 Å². The number of hydrogen-bond acceptors (Lipinski definition) is 5. The third-order valence-electron chi connectivity index (χ3n) is 7.51. The Bertz CT molecular complexity index is 1540. The Balaban J connectivity index is 1.24. The molecule has 1 fully saturated rings. The van der Waals surface area contributed by atoms with Gasteiger partial charge in [-0.25, -0.2) is 4.39 Å². The Hall–Kier alpha value is -3.75. The molecule has 202 valence electrons. The van der Waals surface area contributed by atoms with Crippen molar-refractivity contribution in [2.75, 3.05) is 31.6 Å². The summed E-state index contributed by atoms with van der Waals surface area (Å²) in [6.45, 7) is 3.96. The monoisotopic (exact) mass is 545 g/mol. The van der Waals surface area contributed by atoms with Crippen LogP contribution in [-0.2, 0) is 6.61 Å². The van der Waals surface area contributed by atoms with E-state index >= 15 is 4.39 Å². The molecule has 1 aliphatic rings. The van der Waals surface area contributed by atoms with E-state index in [0.717, 1.165) is 35.1 Å². The van der Waals surface area contributed by atoms with Gasteiger partial charge in [0.2, 0.25) is 0 Å². The number of aromatic nitrogens is 1. The maximum Gasteiger partial charge on any atom is 0.255 e. The van der Waals surface area contributed by atoms with Crippen LogP contribution in [0.1, 0.15) is 34.3 Å². The fourth-order valence-corrected chi connectivity index (χ4v) is 6.16. The third-order valence-corrected chi connectivity index (χ3v) is 8.37. The molecule has 2 aromatic carbocycles. The van der Waals surface area contributed by atoms with Gasteiger partial charge >= 0.3 is 0 Å². The molecule has 0 radical (unpaired) electrons. The number of thiophene rings is 1. The number of aliphatic hydroxyl groups is 1. The zero-order valence-electron chi connectivity index (χ0n) is 22.1. The Morgan fingerprint density at radius 2 is 1.87 bits per heavy atom. The molecule has 0 saturated carbocycles. The molecule has 0 aliphatic carbocycles. The predicted octanol–water partition coefficient (Wildman–Crippen LogP) is 5.49. The number of nitrogens with zero attached hydrogens (tertiary/aromatic N) is 3. The van der Waals surface area contributed by atoms with Gasteiger partial charge in [-0.05, 0) is 89.0 Å². The predicted molar refractivity (Wildman–Crippen MR) is 154 cm³/mol. The minimum absolute atomic E-state index is 0.0414. The highest BCUT2D eigenvalue weighted by molar-refractivity contribution is 7.08. The molecule has 0 spiro atoms. The van der Waals surface area contributed by atoms with Crippen LogP contribution in [0.3, 0.4) is 0 Å². The molecule has 0 bridgehead atoms. The van der Waals surface area contributed by atoms with Crippen LogP contribution in [0.2, 0.25) is 0 Å². The molecule has 39 heavy (non-hydrogen) atoms. The number of aliphatic hydroxyl groups excluding tert-OH is 1. The third kappa shape index (κ3) is 5.67. The molecule has 1 saturated heterocycles. The first-order chi connectivity index (χ1) is 18.9. The van der Waals surface area contributed by atoms with E-state index in [0.29, 0.717) is 42.5 Å². The Kier molecular flexibility index (Phi) is 7.95. The molecule has 6 nitrogen and oxygen atoms in total. The molecule has 1 amide bonds. The van der Waals surface area contributed by atoms with E-state index in [-0.39, 0.29) is 23.9 Å². The van der Waals surface area contributed by atoms with Gasteiger partial charge in [0.1, 0.15) is 5.82 Å². The summed E-state index contributed by atoms with van der Waals surface area (Å²) in [6.07, 6.45) is 3.32. The summed E-state index contributed by atoms with van der Waals surface area (Å²) < 4.78 is 16.5. The molecule has 0 atom stereocenters. The van der Waals surface area contributed by atoms with Crippen LogP contribution >= 0.6 is 11.3 Å². The summed E-state index contributed by atoms with van der Waals surface area (Å²) >= 11 is 1.60. The first-order valence-electron chi connectivity index (χ1n) is 13.1. The van der Waals surface area contributed by atoms with Crippen molar-refractivity contribution in [2.45, 2.75) is 26.4 Å². The van der Waals surface area contributed by atoms with E-state index in [9.17, 15) is 14.7 Å². The number of rotatable bonds is 7.